The fourth-order valence-electron chi connectivity index (χ4n) is 3.80. The van der Waals surface area contributed by atoms with Crippen LogP contribution in [0.15, 0.2) is 66.2 Å². The number of rotatable bonds is 5. The summed E-state index contributed by atoms with van der Waals surface area (Å²) in [7, 11) is -4.18. The number of hydrogen-bond donors (Lipinski definition) is 0. The van der Waals surface area contributed by atoms with E-state index in [1.807, 2.05) is 0 Å². The Labute approximate surface area is 161 Å². The summed E-state index contributed by atoms with van der Waals surface area (Å²) < 4.78 is 27.3. The zero-order valence-electron chi connectivity index (χ0n) is 14.7. The number of Topliss-reactive ketones (excluding diaryl/α,β-unsaturated/α-hetero) is 1. The zero-order valence-corrected chi connectivity index (χ0v) is 15.6. The number of para-hydroxylation sites is 1. The predicted octanol–water partition coefficient (Wildman–Crippen LogP) is 3.72. The van der Waals surface area contributed by atoms with Crippen LogP contribution in [0.2, 0.25) is 0 Å². The lowest BCUT2D eigenvalue weighted by Crippen LogP contribution is -2.13. The van der Waals surface area contributed by atoms with Crippen molar-refractivity contribution in [1.82, 2.24) is 3.97 Å². The number of nitro groups is 1. The van der Waals surface area contributed by atoms with Crippen LogP contribution in [0.3, 0.4) is 0 Å². The van der Waals surface area contributed by atoms with E-state index < -0.39 is 20.6 Å². The molecule has 0 fully saturated rings. The molecule has 142 valence electrons. The number of fused-ring (bicyclic) bond motifs is 3. The third-order valence-electron chi connectivity index (χ3n) is 5.08. The number of allylic oxidation sites excluding steroid dienone is 1. The average molecular weight is 396 g/mol. The quantitative estimate of drug-likeness (QED) is 0.372. The number of benzene rings is 2. The van der Waals surface area contributed by atoms with E-state index in [0.717, 1.165) is 15.6 Å². The van der Waals surface area contributed by atoms with Crippen LogP contribution in [-0.2, 0) is 16.4 Å². The molecular weight excluding hydrogens is 380 g/mol. The van der Waals surface area contributed by atoms with Gasteiger partial charge >= 0.3 is 0 Å². The van der Waals surface area contributed by atoms with Crippen molar-refractivity contribution in [2.24, 2.45) is 5.92 Å². The maximum atomic E-state index is 13.1. The van der Waals surface area contributed by atoms with Gasteiger partial charge in [0.1, 0.15) is 0 Å². The molecule has 0 spiro atoms. The molecule has 0 N–H and O–H groups in total. The van der Waals surface area contributed by atoms with Crippen LogP contribution in [-0.4, -0.2) is 23.1 Å². The van der Waals surface area contributed by atoms with Gasteiger partial charge < -0.3 is 0 Å². The zero-order chi connectivity index (χ0) is 20.1. The van der Waals surface area contributed by atoms with Crippen LogP contribution in [0.5, 0.6) is 0 Å². The molecule has 7 nitrogen and oxygen atoms in total. The first-order valence-corrected chi connectivity index (χ1v) is 10.1. The molecule has 1 heterocycles. The molecule has 0 bridgehead atoms. The first kappa shape index (κ1) is 18.1. The fourth-order valence-corrected chi connectivity index (χ4v) is 5.30. The summed E-state index contributed by atoms with van der Waals surface area (Å²) in [5.74, 6) is -0.153. The summed E-state index contributed by atoms with van der Waals surface area (Å²) in [6.45, 7) is 3.69. The van der Waals surface area contributed by atoms with Gasteiger partial charge in [0.2, 0.25) is 0 Å². The number of hydrogen-bond acceptors (Lipinski definition) is 5. The molecule has 1 atom stereocenters. The van der Waals surface area contributed by atoms with E-state index in [1.165, 1.54) is 24.4 Å². The molecule has 3 aromatic rings. The second-order valence-electron chi connectivity index (χ2n) is 6.66. The fraction of sp³-hybridized carbons (Fsp3) is 0.150. The second kappa shape index (κ2) is 6.42. The standard InChI is InChI=1S/C20H16N2O5S/c1-2-5-13-12-16-14-10-11-21(17(14)9-8-15(16)20(13)23)28(26,27)19-7-4-3-6-18(19)22(24)25/h2-4,6-11,13H,1,5,12H2. The van der Waals surface area contributed by atoms with Crippen LogP contribution in [0, 0.1) is 16.0 Å². The number of nitro benzene ring substituents is 1. The Morgan fingerprint density at radius 2 is 1.96 bits per heavy atom. The van der Waals surface area contributed by atoms with Gasteiger partial charge in [0.05, 0.1) is 10.4 Å². The van der Waals surface area contributed by atoms with Gasteiger partial charge in [-0.2, -0.15) is 0 Å². The summed E-state index contributed by atoms with van der Waals surface area (Å²) in [6.07, 6.45) is 4.16. The molecule has 0 radical (unpaired) electrons. The van der Waals surface area contributed by atoms with Crippen molar-refractivity contribution < 1.29 is 18.1 Å². The molecule has 28 heavy (non-hydrogen) atoms. The lowest BCUT2D eigenvalue weighted by molar-refractivity contribution is -0.387. The Hall–Kier alpha value is -3.26. The van der Waals surface area contributed by atoms with Crippen LogP contribution >= 0.6 is 0 Å². The highest BCUT2D eigenvalue weighted by Gasteiger charge is 2.33. The van der Waals surface area contributed by atoms with Gasteiger partial charge in [0, 0.05) is 29.1 Å². The predicted molar refractivity (Wildman–Crippen MR) is 104 cm³/mol. The van der Waals surface area contributed by atoms with Gasteiger partial charge in [0.15, 0.2) is 10.7 Å². The minimum Gasteiger partial charge on any atom is -0.294 e. The minimum atomic E-state index is -4.18. The largest absolute Gasteiger partial charge is 0.294 e. The Kier molecular flexibility index (Phi) is 4.15. The second-order valence-corrected chi connectivity index (χ2v) is 8.44. The first-order valence-electron chi connectivity index (χ1n) is 8.63. The van der Waals surface area contributed by atoms with Crippen LogP contribution in [0.25, 0.3) is 10.9 Å². The van der Waals surface area contributed by atoms with Crippen LogP contribution < -0.4 is 0 Å². The smallest absolute Gasteiger partial charge is 0.289 e. The van der Waals surface area contributed by atoms with Crippen molar-refractivity contribution in [2.45, 2.75) is 17.7 Å². The molecule has 0 saturated carbocycles. The van der Waals surface area contributed by atoms with E-state index in [1.54, 1.807) is 24.3 Å². The molecule has 0 saturated heterocycles. The van der Waals surface area contributed by atoms with Crippen molar-refractivity contribution >= 4 is 32.4 Å². The van der Waals surface area contributed by atoms with E-state index in [0.29, 0.717) is 29.3 Å². The molecule has 2 aromatic carbocycles. The van der Waals surface area contributed by atoms with Gasteiger partial charge in [-0.05, 0) is 42.7 Å². The van der Waals surface area contributed by atoms with Crippen LogP contribution in [0.1, 0.15) is 22.3 Å². The monoisotopic (exact) mass is 396 g/mol. The molecule has 0 aliphatic heterocycles. The Bertz CT molecular complexity index is 1260. The van der Waals surface area contributed by atoms with E-state index in [9.17, 15) is 23.3 Å². The van der Waals surface area contributed by atoms with Crippen molar-refractivity contribution in [3.8, 4) is 0 Å². The number of carbonyl (C=O) groups is 1. The number of aromatic nitrogens is 1. The Morgan fingerprint density at radius 3 is 2.68 bits per heavy atom. The summed E-state index contributed by atoms with van der Waals surface area (Å²) in [5, 5.41) is 11.9. The third kappa shape index (κ3) is 2.56. The highest BCUT2D eigenvalue weighted by Crippen LogP contribution is 2.36. The Morgan fingerprint density at radius 1 is 1.21 bits per heavy atom. The first-order chi connectivity index (χ1) is 13.4. The molecule has 8 heteroatoms. The molecule has 0 amide bonds. The van der Waals surface area contributed by atoms with E-state index in [4.69, 9.17) is 0 Å². The molecule has 1 aliphatic carbocycles. The van der Waals surface area contributed by atoms with E-state index in [2.05, 4.69) is 6.58 Å². The van der Waals surface area contributed by atoms with Gasteiger partial charge in [0.25, 0.3) is 15.7 Å². The van der Waals surface area contributed by atoms with Gasteiger partial charge in [-0.15, -0.1) is 6.58 Å². The number of ketones is 1. The molecule has 1 aliphatic rings. The van der Waals surface area contributed by atoms with Crippen molar-refractivity contribution in [3.63, 3.8) is 0 Å². The minimum absolute atomic E-state index is 0.0334. The SMILES string of the molecule is C=CCC1Cc2c(ccc3c2ccn3S(=O)(=O)c2ccccc2[N+](=O)[O-])C1=O. The summed E-state index contributed by atoms with van der Waals surface area (Å²) in [4.78, 5) is 22.7. The lowest BCUT2D eigenvalue weighted by atomic mass is 10.0. The lowest BCUT2D eigenvalue weighted by Gasteiger charge is -2.09. The third-order valence-corrected chi connectivity index (χ3v) is 6.82. The van der Waals surface area contributed by atoms with Crippen molar-refractivity contribution in [2.75, 3.05) is 0 Å². The molecule has 4 rings (SSSR count). The molecular formula is C20H16N2O5S. The Balaban J connectivity index is 1.89. The number of carbonyl (C=O) groups excluding carboxylic acids is 1. The summed E-state index contributed by atoms with van der Waals surface area (Å²) >= 11 is 0. The van der Waals surface area contributed by atoms with Crippen molar-refractivity contribution in [3.05, 3.63) is 82.6 Å². The average Bonchev–Trinajstić information content (AvgIpc) is 3.24. The summed E-state index contributed by atoms with van der Waals surface area (Å²) in [6, 6.07) is 10.1. The summed E-state index contributed by atoms with van der Waals surface area (Å²) in [5.41, 5.74) is 1.32. The molecule has 1 unspecified atom stereocenters. The van der Waals surface area contributed by atoms with E-state index in [-0.39, 0.29) is 16.6 Å². The highest BCUT2D eigenvalue weighted by molar-refractivity contribution is 7.90. The normalized spacial score (nSPS) is 16.3. The molecule has 1 aromatic heterocycles. The topological polar surface area (TPSA) is 99.3 Å². The van der Waals surface area contributed by atoms with Gasteiger partial charge in [-0.25, -0.2) is 12.4 Å². The maximum Gasteiger partial charge on any atom is 0.289 e. The van der Waals surface area contributed by atoms with Gasteiger partial charge in [-0.3, -0.25) is 14.9 Å². The van der Waals surface area contributed by atoms with E-state index >= 15 is 0 Å². The number of nitrogens with zero attached hydrogens (tertiary/aromatic N) is 2. The van der Waals surface area contributed by atoms with Gasteiger partial charge in [-0.1, -0.05) is 18.2 Å². The highest BCUT2D eigenvalue weighted by atomic mass is 32.2. The van der Waals surface area contributed by atoms with Crippen LogP contribution in [0.4, 0.5) is 5.69 Å². The maximum absolute atomic E-state index is 13.1. The van der Waals surface area contributed by atoms with Crippen molar-refractivity contribution in [1.29, 1.82) is 0 Å².